The lowest BCUT2D eigenvalue weighted by molar-refractivity contribution is -0.140. The van der Waals surface area contributed by atoms with Crippen LogP contribution in [0.25, 0.3) is 0 Å². The van der Waals surface area contributed by atoms with Crippen LogP contribution in [0.5, 0.6) is 0 Å². The highest BCUT2D eigenvalue weighted by Crippen LogP contribution is 2.16. The van der Waals surface area contributed by atoms with Crippen molar-refractivity contribution < 1.29 is 29.7 Å². The lowest BCUT2D eigenvalue weighted by Crippen LogP contribution is -2.41. The molecule has 0 saturated heterocycles. The zero-order chi connectivity index (χ0) is 16.5. The summed E-state index contributed by atoms with van der Waals surface area (Å²) >= 11 is 0. The highest BCUT2D eigenvalue weighted by atomic mass is 16.4. The van der Waals surface area contributed by atoms with Crippen molar-refractivity contribution in [1.82, 2.24) is 5.32 Å². The van der Waals surface area contributed by atoms with Gasteiger partial charge in [0.05, 0.1) is 0 Å². The Balaban J connectivity index is 2.57. The molecular formula is C14H18N2O6. The second-order valence-corrected chi connectivity index (χ2v) is 4.75. The van der Waals surface area contributed by atoms with E-state index in [0.717, 1.165) is 0 Å². The van der Waals surface area contributed by atoms with Crippen molar-refractivity contribution in [3.8, 4) is 0 Å². The minimum Gasteiger partial charge on any atom is -0.481 e. The first-order chi connectivity index (χ1) is 10.4. The van der Waals surface area contributed by atoms with Gasteiger partial charge in [0.1, 0.15) is 11.7 Å². The van der Waals surface area contributed by atoms with Crippen LogP contribution in [0.15, 0.2) is 28.4 Å². The van der Waals surface area contributed by atoms with E-state index in [9.17, 15) is 14.4 Å². The van der Waals surface area contributed by atoms with Gasteiger partial charge in [-0.25, -0.2) is 9.59 Å². The number of carboxylic acids is 3. The van der Waals surface area contributed by atoms with E-state index in [2.05, 4.69) is 10.3 Å². The van der Waals surface area contributed by atoms with Crippen LogP contribution >= 0.6 is 0 Å². The van der Waals surface area contributed by atoms with Gasteiger partial charge in [-0.3, -0.25) is 9.79 Å². The number of hydrogen-bond acceptors (Lipinski definition) is 5. The third kappa shape index (κ3) is 6.21. The van der Waals surface area contributed by atoms with Crippen LogP contribution in [0.1, 0.15) is 25.7 Å². The average Bonchev–Trinajstić information content (AvgIpc) is 2.45. The first kappa shape index (κ1) is 17.4. The van der Waals surface area contributed by atoms with Gasteiger partial charge < -0.3 is 20.6 Å². The highest BCUT2D eigenvalue weighted by Gasteiger charge is 2.26. The molecule has 0 saturated carbocycles. The molecule has 0 bridgehead atoms. The summed E-state index contributed by atoms with van der Waals surface area (Å²) in [4.78, 5) is 36.3. The van der Waals surface area contributed by atoms with E-state index in [4.69, 9.17) is 15.3 Å². The molecule has 1 aliphatic heterocycles. The average molecular weight is 310 g/mol. The number of hydrogen-bond donors (Lipinski definition) is 4. The summed E-state index contributed by atoms with van der Waals surface area (Å²) in [6.07, 6.45) is 5.87. The van der Waals surface area contributed by atoms with Crippen LogP contribution in [0.2, 0.25) is 0 Å². The summed E-state index contributed by atoms with van der Waals surface area (Å²) in [5.41, 5.74) is 0.387. The number of rotatable bonds is 8. The van der Waals surface area contributed by atoms with Crippen LogP contribution in [0, 0.1) is 0 Å². The third-order valence-electron chi connectivity index (χ3n) is 2.95. The highest BCUT2D eigenvalue weighted by molar-refractivity contribution is 5.89. The molecule has 8 heteroatoms. The Bertz CT molecular complexity index is 535. The largest absolute Gasteiger partial charge is 0.481 e. The van der Waals surface area contributed by atoms with Crippen molar-refractivity contribution in [2.75, 3.05) is 6.54 Å². The van der Waals surface area contributed by atoms with Gasteiger partial charge in [-0.1, -0.05) is 0 Å². The molecule has 0 aliphatic carbocycles. The van der Waals surface area contributed by atoms with Crippen LogP contribution in [0.3, 0.4) is 0 Å². The molecule has 1 rings (SSSR count). The fraction of sp³-hybridized carbons (Fsp3) is 0.429. The topological polar surface area (TPSA) is 136 Å². The Labute approximate surface area is 126 Å². The van der Waals surface area contributed by atoms with Crippen molar-refractivity contribution in [3.63, 3.8) is 0 Å². The summed E-state index contributed by atoms with van der Waals surface area (Å²) in [5.74, 6) is -3.18. The fourth-order valence-corrected chi connectivity index (χ4v) is 1.85. The van der Waals surface area contributed by atoms with Gasteiger partial charge in [-0.2, -0.15) is 0 Å². The van der Waals surface area contributed by atoms with Gasteiger partial charge in [0.2, 0.25) is 0 Å². The van der Waals surface area contributed by atoms with E-state index >= 15 is 0 Å². The van der Waals surface area contributed by atoms with E-state index in [1.54, 1.807) is 6.08 Å². The molecule has 1 heterocycles. The Kier molecular flexibility index (Phi) is 6.81. The van der Waals surface area contributed by atoms with Crippen molar-refractivity contribution in [1.29, 1.82) is 0 Å². The maximum absolute atomic E-state index is 11.0. The Morgan fingerprint density at radius 2 is 2.00 bits per heavy atom. The third-order valence-corrected chi connectivity index (χ3v) is 2.95. The summed E-state index contributed by atoms with van der Waals surface area (Å²) in [6.45, 7) is 0.465. The zero-order valence-electron chi connectivity index (χ0n) is 11.9. The maximum atomic E-state index is 11.0. The number of nitrogens with one attached hydrogen (secondary N) is 1. The standard InChI is InChI=1S/C14H18N2O6/c17-12(18)3-1-2-5-15-6-4-9-7-10(13(19)20)16-11(8-9)14(21)22/h4,6-7,11,16H,1-3,5,8H2,(H,17,18)(H,19,20)(H,21,22)/b9-4-,15-6?/t11-/m0/s1. The SMILES string of the molecule is O=C(O)CCCCN=C/C=C1/C=C(C(=O)O)N[C@H](C(=O)O)C1. The van der Waals surface area contributed by atoms with Crippen molar-refractivity contribution in [2.24, 2.45) is 4.99 Å². The van der Waals surface area contributed by atoms with Crippen molar-refractivity contribution in [3.05, 3.63) is 23.4 Å². The molecular weight excluding hydrogens is 292 g/mol. The van der Waals surface area contributed by atoms with Gasteiger partial charge in [0, 0.05) is 25.6 Å². The molecule has 22 heavy (non-hydrogen) atoms. The molecule has 4 N–H and O–H groups in total. The van der Waals surface area contributed by atoms with E-state index in [1.165, 1.54) is 12.3 Å². The van der Waals surface area contributed by atoms with Crippen LogP contribution in [-0.4, -0.2) is 52.0 Å². The van der Waals surface area contributed by atoms with Crippen molar-refractivity contribution in [2.45, 2.75) is 31.7 Å². The van der Waals surface area contributed by atoms with Crippen LogP contribution < -0.4 is 5.32 Å². The predicted octanol–water partition coefficient (Wildman–Crippen LogP) is 0.654. The molecule has 0 aromatic heterocycles. The molecule has 120 valence electrons. The number of aliphatic carboxylic acids is 3. The number of allylic oxidation sites excluding steroid dienone is 2. The minimum absolute atomic E-state index is 0.104. The van der Waals surface area contributed by atoms with Crippen LogP contribution in [-0.2, 0) is 14.4 Å². The van der Waals surface area contributed by atoms with Gasteiger partial charge >= 0.3 is 17.9 Å². The molecule has 0 amide bonds. The monoisotopic (exact) mass is 310 g/mol. The number of unbranched alkanes of at least 4 members (excludes halogenated alkanes) is 1. The van der Waals surface area contributed by atoms with Crippen LogP contribution in [0.4, 0.5) is 0 Å². The number of carboxylic acid groups (broad SMARTS) is 3. The normalized spacial score (nSPS) is 19.7. The fourth-order valence-electron chi connectivity index (χ4n) is 1.85. The summed E-state index contributed by atoms with van der Waals surface area (Å²) in [7, 11) is 0. The predicted molar refractivity (Wildman–Crippen MR) is 77.8 cm³/mol. The van der Waals surface area contributed by atoms with E-state index in [-0.39, 0.29) is 18.5 Å². The lowest BCUT2D eigenvalue weighted by Gasteiger charge is -2.21. The molecule has 1 atom stereocenters. The Morgan fingerprint density at radius 1 is 1.27 bits per heavy atom. The molecule has 0 fully saturated rings. The van der Waals surface area contributed by atoms with E-state index in [0.29, 0.717) is 25.0 Å². The van der Waals surface area contributed by atoms with E-state index in [1.807, 2.05) is 0 Å². The summed E-state index contributed by atoms with van der Waals surface area (Å²) in [6, 6.07) is -0.980. The first-order valence-corrected chi connectivity index (χ1v) is 6.75. The second-order valence-electron chi connectivity index (χ2n) is 4.75. The second kappa shape index (κ2) is 8.60. The molecule has 0 radical (unpaired) electrons. The summed E-state index contributed by atoms with van der Waals surface area (Å²) in [5, 5.41) is 28.8. The minimum atomic E-state index is -1.22. The quantitative estimate of drug-likeness (QED) is 0.381. The maximum Gasteiger partial charge on any atom is 0.351 e. The number of nitrogens with zero attached hydrogens (tertiary/aromatic N) is 1. The molecule has 1 aliphatic rings. The molecule has 0 aromatic carbocycles. The van der Waals surface area contributed by atoms with Gasteiger partial charge in [0.15, 0.2) is 0 Å². The molecule has 8 nitrogen and oxygen atoms in total. The number of aliphatic imine (C=N–C) groups is 1. The first-order valence-electron chi connectivity index (χ1n) is 6.75. The van der Waals surface area contributed by atoms with Gasteiger partial charge in [0.25, 0.3) is 0 Å². The lowest BCUT2D eigenvalue weighted by atomic mass is 10.00. The van der Waals surface area contributed by atoms with Gasteiger partial charge in [-0.15, -0.1) is 0 Å². The molecule has 0 aromatic rings. The van der Waals surface area contributed by atoms with Gasteiger partial charge in [-0.05, 0) is 30.6 Å². The van der Waals surface area contributed by atoms with Crippen molar-refractivity contribution >= 4 is 24.1 Å². The molecule has 0 spiro atoms. The molecule has 0 unspecified atom stereocenters. The smallest absolute Gasteiger partial charge is 0.351 e. The Hall–Kier alpha value is -2.64. The summed E-state index contributed by atoms with van der Waals surface area (Å²) < 4.78 is 0. The Morgan fingerprint density at radius 3 is 2.59 bits per heavy atom. The zero-order valence-corrected chi connectivity index (χ0v) is 11.9. The van der Waals surface area contributed by atoms with E-state index < -0.39 is 23.9 Å². The number of carbonyl (C=O) groups is 3.